The highest BCUT2D eigenvalue weighted by atomic mass is 16.2. The highest BCUT2D eigenvalue weighted by Crippen LogP contribution is 2.19. The fourth-order valence-corrected chi connectivity index (χ4v) is 2.53. The van der Waals surface area contributed by atoms with Crippen LogP contribution < -0.4 is 5.32 Å². The molecule has 0 aromatic carbocycles. The molecule has 0 bridgehead atoms. The maximum absolute atomic E-state index is 11.9. The average Bonchev–Trinajstić information content (AvgIpc) is 2.37. The van der Waals surface area contributed by atoms with Crippen LogP contribution in [0, 0.1) is 0 Å². The van der Waals surface area contributed by atoms with Crippen LogP contribution in [0.1, 0.15) is 65.7 Å². The number of carbonyl (C=O) groups is 2. The highest BCUT2D eigenvalue weighted by Gasteiger charge is 2.40. The van der Waals surface area contributed by atoms with Gasteiger partial charge in [0.05, 0.1) is 6.54 Å². The molecule has 0 radical (unpaired) electrons. The van der Waals surface area contributed by atoms with Crippen molar-refractivity contribution in [2.75, 3.05) is 13.1 Å². The number of rotatable bonds is 8. The second-order valence-corrected chi connectivity index (χ2v) is 5.91. The first kappa shape index (κ1) is 16.0. The lowest BCUT2D eigenvalue weighted by molar-refractivity contribution is -0.151. The summed E-state index contributed by atoms with van der Waals surface area (Å²) in [5, 5.41) is 2.65. The Kier molecular flexibility index (Phi) is 6.32. The predicted molar refractivity (Wildman–Crippen MR) is 76.8 cm³/mol. The first-order chi connectivity index (χ1) is 9.00. The number of hydrogen-bond donors (Lipinski definition) is 1. The van der Waals surface area contributed by atoms with E-state index < -0.39 is 5.54 Å². The van der Waals surface area contributed by atoms with Gasteiger partial charge in [0.15, 0.2) is 0 Å². The highest BCUT2D eigenvalue weighted by molar-refractivity contribution is 5.97. The van der Waals surface area contributed by atoms with E-state index in [-0.39, 0.29) is 18.4 Å². The fraction of sp³-hybridized carbons (Fsp3) is 0.867. The summed E-state index contributed by atoms with van der Waals surface area (Å²) < 4.78 is 0. The molecule has 1 saturated heterocycles. The summed E-state index contributed by atoms with van der Waals surface area (Å²) in [6, 6.07) is 0. The normalized spacial score (nSPS) is 18.6. The molecule has 4 nitrogen and oxygen atoms in total. The molecule has 1 N–H and O–H groups in total. The molecular weight excluding hydrogens is 240 g/mol. The molecule has 0 unspecified atom stereocenters. The van der Waals surface area contributed by atoms with Gasteiger partial charge in [-0.2, -0.15) is 0 Å². The van der Waals surface area contributed by atoms with Crippen molar-refractivity contribution in [3.05, 3.63) is 0 Å². The summed E-state index contributed by atoms with van der Waals surface area (Å²) in [6.07, 6.45) is 8.55. The maximum Gasteiger partial charge on any atom is 0.245 e. The molecule has 0 saturated carbocycles. The third kappa shape index (κ3) is 4.51. The minimum Gasteiger partial charge on any atom is -0.345 e. The van der Waals surface area contributed by atoms with Gasteiger partial charge in [-0.25, -0.2) is 0 Å². The van der Waals surface area contributed by atoms with E-state index in [1.54, 1.807) is 4.90 Å². The molecule has 2 amide bonds. The van der Waals surface area contributed by atoms with Gasteiger partial charge in [0.1, 0.15) is 5.54 Å². The van der Waals surface area contributed by atoms with Crippen LogP contribution >= 0.6 is 0 Å². The molecule has 0 aromatic rings. The summed E-state index contributed by atoms with van der Waals surface area (Å²) in [5.41, 5.74) is -0.697. The van der Waals surface area contributed by atoms with Gasteiger partial charge < -0.3 is 10.2 Å². The van der Waals surface area contributed by atoms with Gasteiger partial charge in [-0.15, -0.1) is 0 Å². The van der Waals surface area contributed by atoms with Gasteiger partial charge in [0, 0.05) is 6.54 Å². The minimum atomic E-state index is -0.697. The monoisotopic (exact) mass is 268 g/mol. The molecule has 0 aliphatic carbocycles. The zero-order chi connectivity index (χ0) is 14.3. The van der Waals surface area contributed by atoms with Crippen molar-refractivity contribution in [2.45, 2.75) is 71.3 Å². The summed E-state index contributed by atoms with van der Waals surface area (Å²) in [7, 11) is 0. The molecule has 1 heterocycles. The van der Waals surface area contributed by atoms with E-state index in [9.17, 15) is 9.59 Å². The van der Waals surface area contributed by atoms with E-state index in [4.69, 9.17) is 0 Å². The van der Waals surface area contributed by atoms with Gasteiger partial charge >= 0.3 is 0 Å². The van der Waals surface area contributed by atoms with Crippen LogP contribution in [0.2, 0.25) is 0 Å². The van der Waals surface area contributed by atoms with Gasteiger partial charge in [-0.1, -0.05) is 45.4 Å². The van der Waals surface area contributed by atoms with Crippen molar-refractivity contribution >= 4 is 11.8 Å². The third-order valence-corrected chi connectivity index (χ3v) is 3.92. The standard InChI is InChI=1S/C15H28N2O2/c1-4-5-6-7-8-9-10-11-17-13(18)12-16-14(19)15(17,2)3/h4-12H2,1-3H3,(H,16,19). The Morgan fingerprint density at radius 1 is 1.05 bits per heavy atom. The minimum absolute atomic E-state index is 0.0376. The smallest absolute Gasteiger partial charge is 0.245 e. The first-order valence-corrected chi connectivity index (χ1v) is 7.59. The van der Waals surface area contributed by atoms with Crippen LogP contribution in [-0.2, 0) is 9.59 Å². The first-order valence-electron chi connectivity index (χ1n) is 7.59. The van der Waals surface area contributed by atoms with Crippen molar-refractivity contribution in [3.8, 4) is 0 Å². The Morgan fingerprint density at radius 2 is 1.63 bits per heavy atom. The van der Waals surface area contributed by atoms with Crippen molar-refractivity contribution in [3.63, 3.8) is 0 Å². The number of carbonyl (C=O) groups excluding carboxylic acids is 2. The number of piperazine rings is 1. The molecule has 110 valence electrons. The molecule has 1 fully saturated rings. The zero-order valence-electron chi connectivity index (χ0n) is 12.6. The van der Waals surface area contributed by atoms with Gasteiger partial charge in [-0.05, 0) is 20.3 Å². The maximum atomic E-state index is 11.9. The van der Waals surface area contributed by atoms with Crippen LogP contribution in [0.3, 0.4) is 0 Å². The molecule has 4 heteroatoms. The van der Waals surface area contributed by atoms with Gasteiger partial charge in [0.2, 0.25) is 11.8 Å². The second-order valence-electron chi connectivity index (χ2n) is 5.91. The lowest BCUT2D eigenvalue weighted by Crippen LogP contribution is -2.64. The molecule has 19 heavy (non-hydrogen) atoms. The van der Waals surface area contributed by atoms with Crippen LogP contribution in [0.4, 0.5) is 0 Å². The molecule has 1 aliphatic heterocycles. The summed E-state index contributed by atoms with van der Waals surface area (Å²) in [6.45, 7) is 6.71. The van der Waals surface area contributed by atoms with E-state index in [2.05, 4.69) is 12.2 Å². The molecule has 1 aliphatic rings. The Balaban J connectivity index is 2.26. The van der Waals surface area contributed by atoms with Crippen molar-refractivity contribution in [1.82, 2.24) is 10.2 Å². The van der Waals surface area contributed by atoms with E-state index in [0.29, 0.717) is 6.54 Å². The number of nitrogens with one attached hydrogen (secondary N) is 1. The lowest BCUT2D eigenvalue weighted by Gasteiger charge is -2.41. The quantitative estimate of drug-likeness (QED) is 0.688. The topological polar surface area (TPSA) is 49.4 Å². The van der Waals surface area contributed by atoms with Crippen molar-refractivity contribution < 1.29 is 9.59 Å². The van der Waals surface area contributed by atoms with E-state index in [0.717, 1.165) is 12.8 Å². The zero-order valence-corrected chi connectivity index (χ0v) is 12.6. The number of hydrogen-bond acceptors (Lipinski definition) is 2. The molecule has 0 aromatic heterocycles. The average molecular weight is 268 g/mol. The van der Waals surface area contributed by atoms with Crippen LogP contribution in [-0.4, -0.2) is 35.3 Å². The largest absolute Gasteiger partial charge is 0.345 e. The Bertz CT molecular complexity index is 313. The van der Waals surface area contributed by atoms with Crippen molar-refractivity contribution in [1.29, 1.82) is 0 Å². The van der Waals surface area contributed by atoms with Crippen LogP contribution in [0.15, 0.2) is 0 Å². The second kappa shape index (κ2) is 7.51. The van der Waals surface area contributed by atoms with E-state index in [1.807, 2.05) is 13.8 Å². The van der Waals surface area contributed by atoms with E-state index in [1.165, 1.54) is 32.1 Å². The molecule has 1 rings (SSSR count). The number of amides is 2. The van der Waals surface area contributed by atoms with Crippen LogP contribution in [0.25, 0.3) is 0 Å². The fourth-order valence-electron chi connectivity index (χ4n) is 2.53. The van der Waals surface area contributed by atoms with Gasteiger partial charge in [0.25, 0.3) is 0 Å². The number of nitrogens with zero attached hydrogens (tertiary/aromatic N) is 1. The summed E-state index contributed by atoms with van der Waals surface area (Å²) >= 11 is 0. The van der Waals surface area contributed by atoms with E-state index >= 15 is 0 Å². The Morgan fingerprint density at radius 3 is 2.26 bits per heavy atom. The molecule has 0 spiro atoms. The SMILES string of the molecule is CCCCCCCCCN1C(=O)CNC(=O)C1(C)C. The van der Waals surface area contributed by atoms with Gasteiger partial charge in [-0.3, -0.25) is 9.59 Å². The third-order valence-electron chi connectivity index (χ3n) is 3.92. The molecular formula is C15H28N2O2. The lowest BCUT2D eigenvalue weighted by atomic mass is 9.98. The van der Waals surface area contributed by atoms with Crippen molar-refractivity contribution in [2.24, 2.45) is 0 Å². The summed E-state index contributed by atoms with van der Waals surface area (Å²) in [5.74, 6) is -0.00868. The van der Waals surface area contributed by atoms with Crippen LogP contribution in [0.5, 0.6) is 0 Å². The Labute approximate surface area is 116 Å². The summed E-state index contributed by atoms with van der Waals surface area (Å²) in [4.78, 5) is 25.4. The Hall–Kier alpha value is -1.06. The predicted octanol–water partition coefficient (Wildman–Crippen LogP) is 2.47. The number of unbranched alkanes of at least 4 members (excludes halogenated alkanes) is 6. The molecule has 0 atom stereocenters.